The third-order valence-corrected chi connectivity index (χ3v) is 22.3. The Morgan fingerprint density at radius 1 is 0.789 bits per heavy atom. The standard InChI is InChI=1S/C28H50GeO8Si/c1-8-29(9-2,27(31)23-13-17-25(18-14-23)37-28(32)21(3)4)26(30)22-11-15-24(16-12-22)36-19-10-20-38(33-5,34-6)35-7/h22-25H,3,8-20H2,1-2,4-7H3. The molecule has 0 spiro atoms. The van der Waals surface area contributed by atoms with Crippen molar-refractivity contribution in [1.82, 2.24) is 0 Å². The van der Waals surface area contributed by atoms with E-state index >= 15 is 0 Å². The van der Waals surface area contributed by atoms with Crippen LogP contribution in [0.3, 0.4) is 0 Å². The van der Waals surface area contributed by atoms with Gasteiger partial charge in [-0.3, -0.25) is 0 Å². The van der Waals surface area contributed by atoms with Crippen molar-refractivity contribution in [3.8, 4) is 0 Å². The van der Waals surface area contributed by atoms with E-state index in [0.717, 1.165) is 42.6 Å². The fourth-order valence-corrected chi connectivity index (χ4v) is 16.8. The van der Waals surface area contributed by atoms with E-state index in [1.165, 1.54) is 0 Å². The van der Waals surface area contributed by atoms with Gasteiger partial charge in [0, 0.05) is 0 Å². The first-order valence-corrected chi connectivity index (χ1v) is 21.3. The molecule has 10 heteroatoms. The Labute approximate surface area is 233 Å². The number of carbonyl (C=O) groups excluding carboxylic acids is 3. The molecular weight excluding hydrogens is 565 g/mol. The van der Waals surface area contributed by atoms with Gasteiger partial charge in [-0.25, -0.2) is 0 Å². The summed E-state index contributed by atoms with van der Waals surface area (Å²) in [5, 5.41) is 1.44. The molecule has 0 aromatic heterocycles. The Balaban J connectivity index is 1.88. The summed E-state index contributed by atoms with van der Waals surface area (Å²) in [5.41, 5.74) is 0.395. The maximum absolute atomic E-state index is 13.9. The van der Waals surface area contributed by atoms with Crippen LogP contribution < -0.4 is 0 Å². The van der Waals surface area contributed by atoms with Gasteiger partial charge in [-0.05, 0) is 0 Å². The summed E-state index contributed by atoms with van der Waals surface area (Å²) >= 11 is -3.41. The van der Waals surface area contributed by atoms with E-state index in [2.05, 4.69) is 20.4 Å². The van der Waals surface area contributed by atoms with Crippen LogP contribution >= 0.6 is 0 Å². The number of ether oxygens (including phenoxy) is 2. The minimum absolute atomic E-state index is 0.0120. The molecule has 0 aromatic carbocycles. The summed E-state index contributed by atoms with van der Waals surface area (Å²) in [6, 6.07) is 0.702. The molecule has 2 aliphatic carbocycles. The Bertz CT molecular complexity index is 786. The predicted octanol–water partition coefficient (Wildman–Crippen LogP) is 5.21. The molecule has 38 heavy (non-hydrogen) atoms. The molecule has 0 atom stereocenters. The van der Waals surface area contributed by atoms with Crippen LogP contribution in [-0.2, 0) is 37.1 Å². The molecule has 0 heterocycles. The quantitative estimate of drug-likeness (QED) is 0.101. The van der Waals surface area contributed by atoms with Crippen molar-refractivity contribution in [2.75, 3.05) is 27.9 Å². The third-order valence-electron chi connectivity index (χ3n) is 8.78. The van der Waals surface area contributed by atoms with E-state index in [4.69, 9.17) is 22.8 Å². The van der Waals surface area contributed by atoms with Gasteiger partial charge in [0.25, 0.3) is 0 Å². The van der Waals surface area contributed by atoms with Crippen molar-refractivity contribution in [3.63, 3.8) is 0 Å². The van der Waals surface area contributed by atoms with Crippen molar-refractivity contribution in [1.29, 1.82) is 0 Å². The molecule has 0 N–H and O–H groups in total. The summed E-state index contributed by atoms with van der Waals surface area (Å²) in [5.74, 6) is -0.444. The van der Waals surface area contributed by atoms with E-state index in [0.29, 0.717) is 48.5 Å². The normalized spacial score (nSPS) is 24.6. The molecule has 0 unspecified atom stereocenters. The summed E-state index contributed by atoms with van der Waals surface area (Å²) in [6.45, 7) is 10.0. The van der Waals surface area contributed by atoms with Gasteiger partial charge in [0.2, 0.25) is 0 Å². The van der Waals surface area contributed by atoms with Gasteiger partial charge in [0.1, 0.15) is 0 Å². The first-order valence-electron chi connectivity index (χ1n) is 14.3. The van der Waals surface area contributed by atoms with E-state index < -0.39 is 22.1 Å². The third kappa shape index (κ3) is 8.33. The Morgan fingerprint density at radius 2 is 1.24 bits per heavy atom. The summed E-state index contributed by atoms with van der Waals surface area (Å²) in [4.78, 5) is 39.7. The van der Waals surface area contributed by atoms with E-state index in [1.54, 1.807) is 28.3 Å². The maximum atomic E-state index is 13.9. The average Bonchev–Trinajstić information content (AvgIpc) is 2.95. The van der Waals surface area contributed by atoms with Gasteiger partial charge >= 0.3 is 234 Å². The van der Waals surface area contributed by atoms with Crippen LogP contribution in [0.15, 0.2) is 12.2 Å². The summed E-state index contributed by atoms with van der Waals surface area (Å²) in [7, 11) is 2.28. The van der Waals surface area contributed by atoms with Crippen molar-refractivity contribution < 1.29 is 37.1 Å². The Morgan fingerprint density at radius 3 is 1.63 bits per heavy atom. The van der Waals surface area contributed by atoms with Crippen LogP contribution in [0.4, 0.5) is 0 Å². The molecule has 0 aliphatic heterocycles. The van der Waals surface area contributed by atoms with Crippen LogP contribution in [0.2, 0.25) is 16.6 Å². The number of hydrogen-bond donors (Lipinski definition) is 0. The van der Waals surface area contributed by atoms with Crippen molar-refractivity contribution in [2.24, 2.45) is 11.8 Å². The van der Waals surface area contributed by atoms with Crippen LogP contribution in [0.25, 0.3) is 0 Å². The Hall–Kier alpha value is -0.850. The van der Waals surface area contributed by atoms with Crippen LogP contribution in [-0.4, -0.2) is 77.4 Å². The van der Waals surface area contributed by atoms with Gasteiger partial charge in [-0.15, -0.1) is 0 Å². The zero-order valence-corrected chi connectivity index (χ0v) is 27.6. The molecule has 2 aliphatic rings. The van der Waals surface area contributed by atoms with E-state index in [1.807, 2.05) is 0 Å². The Kier molecular flexibility index (Phi) is 13.9. The first-order chi connectivity index (χ1) is 18.1. The van der Waals surface area contributed by atoms with Crippen molar-refractivity contribution in [3.05, 3.63) is 12.2 Å². The average molecular weight is 615 g/mol. The SMILES string of the molecule is C=C(C)C(=O)OC1CCC([C](=O)[Ge]([CH2]C)([CH2]C)[C](=O)C2CCC(OCCC[Si](OC)(OC)OC)CC2)CC1. The van der Waals surface area contributed by atoms with E-state index in [-0.39, 0.29) is 34.6 Å². The fraction of sp³-hybridized carbons (Fsp3) is 0.821. The molecule has 2 fully saturated rings. The molecule has 218 valence electrons. The monoisotopic (exact) mass is 616 g/mol. The van der Waals surface area contributed by atoms with Crippen molar-refractivity contribution in [2.45, 2.75) is 107 Å². The second-order valence-electron chi connectivity index (χ2n) is 10.9. The van der Waals surface area contributed by atoms with E-state index in [9.17, 15) is 14.4 Å². The molecule has 0 saturated heterocycles. The van der Waals surface area contributed by atoms with Crippen LogP contribution in [0.1, 0.15) is 78.6 Å². The zero-order valence-electron chi connectivity index (χ0n) is 24.5. The molecule has 2 rings (SSSR count). The van der Waals surface area contributed by atoms with Gasteiger partial charge in [0.15, 0.2) is 0 Å². The van der Waals surface area contributed by atoms with Crippen molar-refractivity contribution >= 4 is 37.3 Å². The van der Waals surface area contributed by atoms with Gasteiger partial charge in [-0.1, -0.05) is 0 Å². The zero-order chi connectivity index (χ0) is 28.3. The summed E-state index contributed by atoms with van der Waals surface area (Å²) in [6.07, 6.45) is 6.89. The number of carbonyl (C=O) groups is 3. The number of esters is 1. The molecule has 0 aromatic rings. The topological polar surface area (TPSA) is 97.4 Å². The summed E-state index contributed by atoms with van der Waals surface area (Å²) < 4.78 is 28.6. The molecule has 0 radical (unpaired) electrons. The number of rotatable bonds is 16. The fourth-order valence-electron chi connectivity index (χ4n) is 6.13. The predicted molar refractivity (Wildman–Crippen MR) is 151 cm³/mol. The minimum atomic E-state index is -3.41. The second kappa shape index (κ2) is 15.8. The van der Waals surface area contributed by atoms with Gasteiger partial charge < -0.3 is 0 Å². The van der Waals surface area contributed by atoms with Crippen LogP contribution in [0, 0.1) is 11.8 Å². The molecular formula is C28H50GeO8Si. The molecule has 0 bridgehead atoms. The van der Waals surface area contributed by atoms with Gasteiger partial charge in [-0.2, -0.15) is 0 Å². The second-order valence-corrected chi connectivity index (χ2v) is 23.6. The van der Waals surface area contributed by atoms with Gasteiger partial charge in [0.05, 0.1) is 0 Å². The molecule has 0 amide bonds. The molecule has 8 nitrogen and oxygen atoms in total. The first kappa shape index (κ1) is 33.4. The number of hydrogen-bond acceptors (Lipinski definition) is 8. The van der Waals surface area contributed by atoms with Crippen LogP contribution in [0.5, 0.6) is 0 Å². The molecule has 2 saturated carbocycles.